The smallest absolute Gasteiger partial charge is 0.128 e. The SMILES string of the molecule is C[C@H]1OCC[C@H]1NCc1ccc(CN(C)C)c(F)c1. The van der Waals surface area contributed by atoms with E-state index in [0.717, 1.165) is 24.2 Å². The minimum Gasteiger partial charge on any atom is -0.377 e. The van der Waals surface area contributed by atoms with Crippen LogP contribution in [-0.2, 0) is 17.8 Å². The lowest BCUT2D eigenvalue weighted by molar-refractivity contribution is 0.113. The van der Waals surface area contributed by atoms with E-state index in [1.165, 1.54) is 0 Å². The highest BCUT2D eigenvalue weighted by Crippen LogP contribution is 2.15. The molecular weight excluding hydrogens is 243 g/mol. The molecule has 1 aromatic carbocycles. The Balaban J connectivity index is 1.92. The molecule has 0 aliphatic carbocycles. The normalized spacial score (nSPS) is 23.2. The van der Waals surface area contributed by atoms with Crippen LogP contribution in [0.3, 0.4) is 0 Å². The molecule has 3 nitrogen and oxygen atoms in total. The van der Waals surface area contributed by atoms with Gasteiger partial charge in [0.1, 0.15) is 5.82 Å². The summed E-state index contributed by atoms with van der Waals surface area (Å²) in [5.41, 5.74) is 1.73. The van der Waals surface area contributed by atoms with E-state index >= 15 is 0 Å². The molecule has 2 rings (SSSR count). The van der Waals surface area contributed by atoms with Crippen LogP contribution >= 0.6 is 0 Å². The number of benzene rings is 1. The van der Waals surface area contributed by atoms with Gasteiger partial charge in [-0.2, -0.15) is 0 Å². The van der Waals surface area contributed by atoms with Crippen molar-refractivity contribution in [1.82, 2.24) is 10.2 Å². The second kappa shape index (κ2) is 6.46. The topological polar surface area (TPSA) is 24.5 Å². The van der Waals surface area contributed by atoms with Gasteiger partial charge in [0.15, 0.2) is 0 Å². The molecule has 1 aromatic rings. The summed E-state index contributed by atoms with van der Waals surface area (Å²) in [5, 5.41) is 3.43. The fraction of sp³-hybridized carbons (Fsp3) is 0.600. The molecule has 0 radical (unpaired) electrons. The van der Waals surface area contributed by atoms with E-state index in [1.807, 2.05) is 31.1 Å². The standard InChI is InChI=1S/C15H23FN2O/c1-11-15(6-7-19-11)17-9-12-4-5-13(10-18(2)3)14(16)8-12/h4-5,8,11,15,17H,6-7,9-10H2,1-3H3/t11-,15-/m1/s1. The number of ether oxygens (including phenoxy) is 1. The maximum absolute atomic E-state index is 13.9. The van der Waals surface area contributed by atoms with Gasteiger partial charge in [-0.1, -0.05) is 12.1 Å². The van der Waals surface area contributed by atoms with Crippen LogP contribution in [-0.4, -0.2) is 37.7 Å². The zero-order chi connectivity index (χ0) is 13.8. The third-order valence-corrected chi connectivity index (χ3v) is 3.55. The van der Waals surface area contributed by atoms with Crippen molar-refractivity contribution in [3.05, 3.63) is 35.1 Å². The van der Waals surface area contributed by atoms with E-state index in [-0.39, 0.29) is 11.9 Å². The fourth-order valence-corrected chi connectivity index (χ4v) is 2.42. The van der Waals surface area contributed by atoms with Gasteiger partial charge in [-0.15, -0.1) is 0 Å². The van der Waals surface area contributed by atoms with Crippen molar-refractivity contribution < 1.29 is 9.13 Å². The van der Waals surface area contributed by atoms with Crippen molar-refractivity contribution in [1.29, 1.82) is 0 Å². The molecule has 19 heavy (non-hydrogen) atoms. The molecule has 1 fully saturated rings. The second-order valence-corrected chi connectivity index (χ2v) is 5.52. The van der Waals surface area contributed by atoms with E-state index in [4.69, 9.17) is 4.74 Å². The minimum absolute atomic E-state index is 0.122. The zero-order valence-electron chi connectivity index (χ0n) is 11.9. The van der Waals surface area contributed by atoms with Crippen LogP contribution in [0, 0.1) is 5.82 Å². The largest absolute Gasteiger partial charge is 0.377 e. The quantitative estimate of drug-likeness (QED) is 0.884. The monoisotopic (exact) mass is 266 g/mol. The molecule has 1 heterocycles. The molecule has 0 saturated carbocycles. The van der Waals surface area contributed by atoms with Gasteiger partial charge in [-0.25, -0.2) is 4.39 Å². The lowest BCUT2D eigenvalue weighted by Crippen LogP contribution is -2.34. The number of hydrogen-bond donors (Lipinski definition) is 1. The van der Waals surface area contributed by atoms with Gasteiger partial charge < -0.3 is 15.0 Å². The lowest BCUT2D eigenvalue weighted by Gasteiger charge is -2.16. The van der Waals surface area contributed by atoms with Crippen molar-refractivity contribution in [2.24, 2.45) is 0 Å². The third-order valence-electron chi connectivity index (χ3n) is 3.55. The number of nitrogens with zero attached hydrogens (tertiary/aromatic N) is 1. The van der Waals surface area contributed by atoms with Crippen LogP contribution in [0.15, 0.2) is 18.2 Å². The van der Waals surface area contributed by atoms with Crippen molar-refractivity contribution >= 4 is 0 Å². The predicted molar refractivity (Wildman–Crippen MR) is 74.4 cm³/mol. The first-order valence-electron chi connectivity index (χ1n) is 6.83. The molecule has 0 bridgehead atoms. The average molecular weight is 266 g/mol. The molecule has 0 spiro atoms. The second-order valence-electron chi connectivity index (χ2n) is 5.52. The van der Waals surface area contributed by atoms with Crippen LogP contribution in [0.1, 0.15) is 24.5 Å². The van der Waals surface area contributed by atoms with Crippen molar-refractivity contribution in [2.75, 3.05) is 20.7 Å². The maximum atomic E-state index is 13.9. The molecule has 106 valence electrons. The average Bonchev–Trinajstić information content (AvgIpc) is 2.75. The molecule has 1 saturated heterocycles. The Kier molecular flexibility index (Phi) is 4.91. The van der Waals surface area contributed by atoms with Gasteiger partial charge in [0.2, 0.25) is 0 Å². The van der Waals surface area contributed by atoms with Crippen LogP contribution in [0.4, 0.5) is 4.39 Å². The zero-order valence-corrected chi connectivity index (χ0v) is 11.9. The Labute approximate surface area is 114 Å². The third kappa shape index (κ3) is 4.00. The highest BCUT2D eigenvalue weighted by molar-refractivity contribution is 5.24. The van der Waals surface area contributed by atoms with Gasteiger partial charge >= 0.3 is 0 Å². The number of hydrogen-bond acceptors (Lipinski definition) is 3. The first-order valence-corrected chi connectivity index (χ1v) is 6.83. The first-order chi connectivity index (χ1) is 9.06. The first kappa shape index (κ1) is 14.4. The summed E-state index contributed by atoms with van der Waals surface area (Å²) in [6.45, 7) is 4.21. The summed E-state index contributed by atoms with van der Waals surface area (Å²) >= 11 is 0. The molecule has 4 heteroatoms. The number of nitrogens with one attached hydrogen (secondary N) is 1. The van der Waals surface area contributed by atoms with Crippen molar-refractivity contribution in [2.45, 2.75) is 38.6 Å². The predicted octanol–water partition coefficient (Wildman–Crippen LogP) is 2.15. The Morgan fingerprint density at radius 3 is 2.79 bits per heavy atom. The number of rotatable bonds is 5. The van der Waals surface area contributed by atoms with Crippen LogP contribution < -0.4 is 5.32 Å². The molecular formula is C15H23FN2O. The highest BCUT2D eigenvalue weighted by Gasteiger charge is 2.23. The summed E-state index contributed by atoms with van der Waals surface area (Å²) in [4.78, 5) is 1.97. The summed E-state index contributed by atoms with van der Waals surface area (Å²) in [5.74, 6) is -0.122. The molecule has 2 atom stereocenters. The van der Waals surface area contributed by atoms with E-state index in [1.54, 1.807) is 6.07 Å². The fourth-order valence-electron chi connectivity index (χ4n) is 2.42. The van der Waals surface area contributed by atoms with E-state index < -0.39 is 0 Å². The van der Waals surface area contributed by atoms with Crippen LogP contribution in [0.2, 0.25) is 0 Å². The van der Waals surface area contributed by atoms with Crippen LogP contribution in [0.5, 0.6) is 0 Å². The lowest BCUT2D eigenvalue weighted by atomic mass is 10.1. The molecule has 1 aliphatic rings. The summed E-state index contributed by atoms with van der Waals surface area (Å²) in [6.07, 6.45) is 1.28. The highest BCUT2D eigenvalue weighted by atomic mass is 19.1. The Bertz CT molecular complexity index is 423. The molecule has 0 unspecified atom stereocenters. The molecule has 0 amide bonds. The van der Waals surface area contributed by atoms with Gasteiger partial charge in [-0.3, -0.25) is 0 Å². The number of halogens is 1. The Morgan fingerprint density at radius 1 is 1.42 bits per heavy atom. The van der Waals surface area contributed by atoms with E-state index in [2.05, 4.69) is 12.2 Å². The van der Waals surface area contributed by atoms with Gasteiger partial charge in [0.25, 0.3) is 0 Å². The Hall–Kier alpha value is -0.970. The Morgan fingerprint density at radius 2 is 2.21 bits per heavy atom. The molecule has 1 N–H and O–H groups in total. The van der Waals surface area contributed by atoms with Crippen LogP contribution in [0.25, 0.3) is 0 Å². The molecule has 1 aliphatic heterocycles. The van der Waals surface area contributed by atoms with E-state index in [9.17, 15) is 4.39 Å². The summed E-state index contributed by atoms with van der Waals surface area (Å²) in [6, 6.07) is 5.88. The summed E-state index contributed by atoms with van der Waals surface area (Å²) < 4.78 is 19.4. The maximum Gasteiger partial charge on any atom is 0.128 e. The summed E-state index contributed by atoms with van der Waals surface area (Å²) in [7, 11) is 3.88. The minimum atomic E-state index is -0.122. The van der Waals surface area contributed by atoms with E-state index in [0.29, 0.717) is 19.1 Å². The van der Waals surface area contributed by atoms with Crippen molar-refractivity contribution in [3.8, 4) is 0 Å². The molecule has 0 aromatic heterocycles. The van der Waals surface area contributed by atoms with Gasteiger partial charge in [0.05, 0.1) is 6.10 Å². The van der Waals surface area contributed by atoms with Gasteiger partial charge in [-0.05, 0) is 39.1 Å². The van der Waals surface area contributed by atoms with Gasteiger partial charge in [0, 0.05) is 31.3 Å². The van der Waals surface area contributed by atoms with Crippen molar-refractivity contribution in [3.63, 3.8) is 0 Å².